The van der Waals surface area contributed by atoms with Crippen molar-refractivity contribution in [2.75, 3.05) is 13.2 Å². The van der Waals surface area contributed by atoms with Gasteiger partial charge < -0.3 is 70.8 Å². The van der Waals surface area contributed by atoms with Gasteiger partial charge in [0.1, 0.15) is 83.9 Å². The lowest BCUT2D eigenvalue weighted by Gasteiger charge is -2.48. The van der Waals surface area contributed by atoms with Crippen LogP contribution >= 0.6 is 0 Å². The second-order valence-electron chi connectivity index (χ2n) is 10.4. The highest BCUT2D eigenvalue weighted by atomic mass is 16.6. The Balaban J connectivity index is 1.92. The van der Waals surface area contributed by atoms with Crippen molar-refractivity contribution < 1.29 is 80.3 Å². The van der Waals surface area contributed by atoms with Gasteiger partial charge in [-0.3, -0.25) is 9.59 Å². The first-order chi connectivity index (χ1) is 20.2. The quantitative estimate of drug-likeness (QED) is 0.0820. The number of hydrogen-bond donors (Lipinski definition) is 12. The standard InChI is InChI=1S/C27H32O16/c28-7-12-16(32)19(35)21(37)23(42-12)15-18(34)14(11(31)6-3-9-1-4-10(30)5-2-9)24(39)27(41,25(15)40)26-22(38)20(36)17(33)13(8-29)43-26/h1-6,12-13,16-17,19-23,26,28-38,41H,7-8H2/b6-3+,14-11-/t12-,13-,16-,17-,19+,20+,21-,22-,23?,26?,27?/m1/s1. The van der Waals surface area contributed by atoms with E-state index in [0.717, 1.165) is 6.08 Å². The van der Waals surface area contributed by atoms with Gasteiger partial charge in [-0.2, -0.15) is 0 Å². The molecule has 11 atom stereocenters. The topological polar surface area (TPSA) is 295 Å². The third-order valence-corrected chi connectivity index (χ3v) is 7.72. The molecule has 12 N–H and O–H groups in total. The molecular weight excluding hydrogens is 580 g/mol. The molecule has 2 heterocycles. The Morgan fingerprint density at radius 2 is 1.30 bits per heavy atom. The number of allylic oxidation sites excluding steroid dienone is 2. The maximum Gasteiger partial charge on any atom is 0.219 e. The summed E-state index contributed by atoms with van der Waals surface area (Å²) in [5, 5.41) is 125. The fourth-order valence-corrected chi connectivity index (χ4v) is 5.24. The summed E-state index contributed by atoms with van der Waals surface area (Å²) >= 11 is 0. The van der Waals surface area contributed by atoms with Gasteiger partial charge in [0.2, 0.25) is 17.2 Å². The molecule has 0 aromatic heterocycles. The molecular formula is C27H32O16. The third-order valence-electron chi connectivity index (χ3n) is 7.72. The van der Waals surface area contributed by atoms with Gasteiger partial charge in [-0.15, -0.1) is 0 Å². The van der Waals surface area contributed by atoms with Gasteiger partial charge in [-0.25, -0.2) is 0 Å². The first-order valence-corrected chi connectivity index (χ1v) is 13.0. The molecule has 0 saturated carbocycles. The van der Waals surface area contributed by atoms with Crippen LogP contribution in [0.2, 0.25) is 0 Å². The van der Waals surface area contributed by atoms with Gasteiger partial charge in [-0.05, 0) is 23.8 Å². The van der Waals surface area contributed by atoms with Crippen LogP contribution in [0.25, 0.3) is 6.08 Å². The van der Waals surface area contributed by atoms with E-state index in [2.05, 4.69) is 0 Å². The number of aliphatic hydroxyl groups excluding tert-OH is 10. The van der Waals surface area contributed by atoms with E-state index < -0.39 is 114 Å². The van der Waals surface area contributed by atoms with Crippen molar-refractivity contribution in [3.63, 3.8) is 0 Å². The number of benzene rings is 1. The van der Waals surface area contributed by atoms with Gasteiger partial charge in [-0.1, -0.05) is 18.2 Å². The molecule has 16 nitrogen and oxygen atoms in total. The van der Waals surface area contributed by atoms with Crippen molar-refractivity contribution in [2.45, 2.75) is 66.6 Å². The number of carbonyl (C=O) groups is 2. The number of Topliss-reactive ketones (excluding diaryl/α,β-unsaturated/α-hetero) is 2. The van der Waals surface area contributed by atoms with Crippen molar-refractivity contribution in [3.05, 3.63) is 58.6 Å². The minimum absolute atomic E-state index is 0.0879. The lowest BCUT2D eigenvalue weighted by atomic mass is 9.69. The molecule has 2 fully saturated rings. The maximum absolute atomic E-state index is 13.9. The molecule has 2 aliphatic heterocycles. The Labute approximate surface area is 242 Å². The van der Waals surface area contributed by atoms with Crippen molar-refractivity contribution in [1.82, 2.24) is 0 Å². The molecule has 1 aromatic carbocycles. The molecule has 0 radical (unpaired) electrons. The van der Waals surface area contributed by atoms with Crippen LogP contribution in [-0.2, 0) is 19.1 Å². The lowest BCUT2D eigenvalue weighted by molar-refractivity contribution is -0.261. The van der Waals surface area contributed by atoms with E-state index in [9.17, 15) is 70.9 Å². The Hall–Kier alpha value is -3.26. The molecule has 0 spiro atoms. The molecule has 3 aliphatic rings. The van der Waals surface area contributed by atoms with Crippen LogP contribution in [0.3, 0.4) is 0 Å². The van der Waals surface area contributed by atoms with Gasteiger partial charge in [0.05, 0.1) is 18.8 Å². The molecule has 4 rings (SSSR count). The summed E-state index contributed by atoms with van der Waals surface area (Å²) < 4.78 is 10.6. The summed E-state index contributed by atoms with van der Waals surface area (Å²) in [6.45, 7) is -1.99. The number of phenolic OH excluding ortho intramolecular Hbond substituents is 1. The predicted octanol–water partition coefficient (Wildman–Crippen LogP) is -4.40. The molecule has 43 heavy (non-hydrogen) atoms. The number of ketones is 2. The largest absolute Gasteiger partial charge is 0.508 e. The van der Waals surface area contributed by atoms with Crippen LogP contribution in [0.4, 0.5) is 0 Å². The summed E-state index contributed by atoms with van der Waals surface area (Å²) in [6.07, 6.45) is -18.7. The molecule has 3 unspecified atom stereocenters. The number of phenols is 1. The Morgan fingerprint density at radius 3 is 1.86 bits per heavy atom. The van der Waals surface area contributed by atoms with Crippen LogP contribution in [0.15, 0.2) is 53.0 Å². The van der Waals surface area contributed by atoms with Crippen LogP contribution in [-0.4, -0.2) is 153 Å². The predicted molar refractivity (Wildman–Crippen MR) is 139 cm³/mol. The van der Waals surface area contributed by atoms with E-state index in [1.165, 1.54) is 30.3 Å². The third kappa shape index (κ3) is 5.47. The zero-order chi connectivity index (χ0) is 32.0. The van der Waals surface area contributed by atoms with Gasteiger partial charge in [0.15, 0.2) is 0 Å². The minimum atomic E-state index is -3.63. The maximum atomic E-state index is 13.9. The minimum Gasteiger partial charge on any atom is -0.508 e. The summed E-state index contributed by atoms with van der Waals surface area (Å²) in [7, 11) is 0. The summed E-state index contributed by atoms with van der Waals surface area (Å²) in [4.78, 5) is 27.6. The summed E-state index contributed by atoms with van der Waals surface area (Å²) in [5.74, 6) is -6.12. The number of carbonyl (C=O) groups excluding carboxylic acids is 2. The molecule has 16 heteroatoms. The average Bonchev–Trinajstić information content (AvgIpc) is 2.98. The summed E-state index contributed by atoms with van der Waals surface area (Å²) in [6, 6.07) is 5.38. The molecule has 1 aliphatic carbocycles. The number of rotatable bonds is 6. The van der Waals surface area contributed by atoms with E-state index in [0.29, 0.717) is 5.56 Å². The molecule has 236 valence electrons. The highest BCUT2D eigenvalue weighted by Gasteiger charge is 2.65. The van der Waals surface area contributed by atoms with E-state index >= 15 is 0 Å². The van der Waals surface area contributed by atoms with Gasteiger partial charge >= 0.3 is 0 Å². The molecule has 0 amide bonds. The van der Waals surface area contributed by atoms with Gasteiger partial charge in [0.25, 0.3) is 0 Å². The average molecular weight is 613 g/mol. The Morgan fingerprint density at radius 1 is 0.767 bits per heavy atom. The number of aliphatic hydroxyl groups is 11. The number of hydrogen-bond acceptors (Lipinski definition) is 16. The molecule has 0 bridgehead atoms. The SMILES string of the molecule is O=C1C(C2O[C@H](CO)[C@@H](O)[C@H](O)[C@H]2O)=C(O)/C(=C(O)\C=C\c2ccc(O)cc2)C(=O)C1(O)C1O[C@H](CO)[C@@H](O)[C@H](O)[C@H]1O. The monoisotopic (exact) mass is 612 g/mol. The van der Waals surface area contributed by atoms with Crippen LogP contribution in [0.1, 0.15) is 5.56 Å². The zero-order valence-electron chi connectivity index (χ0n) is 22.2. The summed E-state index contributed by atoms with van der Waals surface area (Å²) in [5.41, 5.74) is -5.62. The number of aromatic hydroxyl groups is 1. The van der Waals surface area contributed by atoms with Gasteiger partial charge in [0, 0.05) is 0 Å². The second kappa shape index (κ2) is 12.4. The fourth-order valence-electron chi connectivity index (χ4n) is 5.24. The van der Waals surface area contributed by atoms with Crippen LogP contribution in [0.5, 0.6) is 5.75 Å². The van der Waals surface area contributed by atoms with Crippen molar-refractivity contribution in [1.29, 1.82) is 0 Å². The highest BCUT2D eigenvalue weighted by Crippen LogP contribution is 2.42. The fraction of sp³-hybridized carbons (Fsp3) is 0.481. The van der Waals surface area contributed by atoms with Crippen LogP contribution in [0, 0.1) is 0 Å². The zero-order valence-corrected chi connectivity index (χ0v) is 22.2. The number of ether oxygens (including phenoxy) is 2. The first kappa shape index (κ1) is 32.6. The molecule has 1 aromatic rings. The second-order valence-corrected chi connectivity index (χ2v) is 10.4. The van der Waals surface area contributed by atoms with E-state index in [1.54, 1.807) is 0 Å². The lowest BCUT2D eigenvalue weighted by Crippen LogP contribution is -2.72. The van der Waals surface area contributed by atoms with E-state index in [4.69, 9.17) is 9.47 Å². The highest BCUT2D eigenvalue weighted by molar-refractivity contribution is 6.28. The van der Waals surface area contributed by atoms with Crippen molar-refractivity contribution >= 4 is 17.6 Å². The van der Waals surface area contributed by atoms with E-state index in [-0.39, 0.29) is 5.75 Å². The Kier molecular flexibility index (Phi) is 9.41. The van der Waals surface area contributed by atoms with E-state index in [1.807, 2.05) is 0 Å². The smallest absolute Gasteiger partial charge is 0.219 e. The van der Waals surface area contributed by atoms with Crippen molar-refractivity contribution in [3.8, 4) is 5.75 Å². The molecule has 2 saturated heterocycles. The first-order valence-electron chi connectivity index (χ1n) is 13.0. The normalized spacial score (nSPS) is 40.3. The van der Waals surface area contributed by atoms with Crippen LogP contribution < -0.4 is 0 Å². The van der Waals surface area contributed by atoms with Crippen molar-refractivity contribution in [2.24, 2.45) is 0 Å². The Bertz CT molecular complexity index is 1320.